The Morgan fingerprint density at radius 3 is 2.55 bits per heavy atom. The molecule has 0 saturated carbocycles. The van der Waals surface area contributed by atoms with E-state index in [1.807, 2.05) is 54.6 Å². The summed E-state index contributed by atoms with van der Waals surface area (Å²) in [6.07, 6.45) is -2.19. The van der Waals surface area contributed by atoms with Crippen molar-refractivity contribution in [3.63, 3.8) is 0 Å². The summed E-state index contributed by atoms with van der Waals surface area (Å²) >= 11 is 0. The Balaban J connectivity index is 1.53. The van der Waals surface area contributed by atoms with Gasteiger partial charge in [0.05, 0.1) is 0 Å². The largest absolute Gasteiger partial charge is 0.453 e. The molecular weight excluding hydrogens is 431 g/mol. The second-order valence-corrected chi connectivity index (χ2v) is 8.35. The number of hydrogen-bond donors (Lipinski definition) is 2. The van der Waals surface area contributed by atoms with Gasteiger partial charge in [0.1, 0.15) is 6.04 Å². The van der Waals surface area contributed by atoms with Crippen LogP contribution in [0.3, 0.4) is 0 Å². The second kappa shape index (κ2) is 7.06. The topological polar surface area (TPSA) is 75.6 Å². The minimum Gasteiger partial charge on any atom is -0.361 e. The van der Waals surface area contributed by atoms with Gasteiger partial charge in [0.15, 0.2) is 5.78 Å². The normalized spacial score (nSPS) is 20.5. The van der Waals surface area contributed by atoms with E-state index in [1.54, 1.807) is 6.20 Å². The van der Waals surface area contributed by atoms with E-state index >= 15 is 0 Å². The number of para-hydroxylation sites is 1. The number of Topliss-reactive ketones (excluding diaryl/α,β-unsaturated/α-hetero) is 1. The summed E-state index contributed by atoms with van der Waals surface area (Å²) in [4.78, 5) is 20.4. The number of allylic oxidation sites excluding steroid dienone is 2. The van der Waals surface area contributed by atoms with Crippen LogP contribution in [0.1, 0.15) is 41.8 Å². The van der Waals surface area contributed by atoms with Crippen molar-refractivity contribution in [1.29, 1.82) is 0 Å². The van der Waals surface area contributed by atoms with E-state index in [1.165, 1.54) is 4.68 Å². The number of aromatic nitrogens is 4. The maximum absolute atomic E-state index is 13.5. The third kappa shape index (κ3) is 3.14. The van der Waals surface area contributed by atoms with E-state index in [9.17, 15) is 18.0 Å². The van der Waals surface area contributed by atoms with Crippen molar-refractivity contribution in [2.45, 2.75) is 31.0 Å². The van der Waals surface area contributed by atoms with Crippen molar-refractivity contribution >= 4 is 22.6 Å². The lowest BCUT2D eigenvalue weighted by Crippen LogP contribution is -2.33. The van der Waals surface area contributed by atoms with Crippen molar-refractivity contribution in [1.82, 2.24) is 19.7 Å². The predicted octanol–water partition coefficient (Wildman–Crippen LogP) is 5.19. The number of rotatable bonds is 2. The van der Waals surface area contributed by atoms with Gasteiger partial charge in [-0.1, -0.05) is 48.5 Å². The van der Waals surface area contributed by atoms with E-state index in [0.717, 1.165) is 16.5 Å². The van der Waals surface area contributed by atoms with Crippen LogP contribution in [0, 0.1) is 0 Å². The number of aromatic amines is 1. The molecule has 2 N–H and O–H groups in total. The average Bonchev–Trinajstić information content (AvgIpc) is 3.42. The Morgan fingerprint density at radius 2 is 1.76 bits per heavy atom. The number of H-pyrrole nitrogens is 1. The Hall–Kier alpha value is -3.88. The molecule has 4 aromatic rings. The van der Waals surface area contributed by atoms with Gasteiger partial charge in [-0.25, -0.2) is 4.68 Å². The number of nitrogens with zero attached hydrogens (tertiary/aromatic N) is 3. The molecule has 2 aromatic heterocycles. The molecule has 6 rings (SSSR count). The van der Waals surface area contributed by atoms with Gasteiger partial charge in [-0.05, 0) is 24.0 Å². The maximum atomic E-state index is 13.5. The number of fused-ring (bicyclic) bond motifs is 2. The molecule has 2 aromatic carbocycles. The van der Waals surface area contributed by atoms with Crippen molar-refractivity contribution in [3.8, 4) is 0 Å². The zero-order chi connectivity index (χ0) is 22.7. The molecular formula is C24H18F3N5O. The Bertz CT molecular complexity index is 1420. The van der Waals surface area contributed by atoms with Gasteiger partial charge in [0.25, 0.3) is 5.82 Å². The third-order valence-corrected chi connectivity index (χ3v) is 6.36. The summed E-state index contributed by atoms with van der Waals surface area (Å²) in [5.41, 5.74) is 3.58. The summed E-state index contributed by atoms with van der Waals surface area (Å²) in [6.45, 7) is 0. The molecule has 0 bridgehead atoms. The lowest BCUT2D eigenvalue weighted by Gasteiger charge is -2.35. The highest BCUT2D eigenvalue weighted by molar-refractivity contribution is 6.01. The molecule has 0 saturated heterocycles. The number of hydrogen-bond acceptors (Lipinski definition) is 4. The van der Waals surface area contributed by atoms with Crippen LogP contribution in [0.2, 0.25) is 0 Å². The number of carbonyl (C=O) groups is 1. The molecule has 1 aliphatic heterocycles. The SMILES string of the molecule is O=C1C[C@@H](c2ccccc2)CC2=C1[C@H](c1c[nH]c3ccccc13)n1nc(C(F)(F)F)nc1N2. The van der Waals surface area contributed by atoms with Gasteiger partial charge >= 0.3 is 6.18 Å². The molecule has 0 fully saturated rings. The van der Waals surface area contributed by atoms with E-state index < -0.39 is 18.0 Å². The molecule has 2 atom stereocenters. The number of halogens is 3. The zero-order valence-electron chi connectivity index (χ0n) is 17.2. The molecule has 0 unspecified atom stereocenters. The van der Waals surface area contributed by atoms with E-state index in [4.69, 9.17) is 0 Å². The summed E-state index contributed by atoms with van der Waals surface area (Å²) < 4.78 is 41.6. The van der Waals surface area contributed by atoms with Crippen LogP contribution < -0.4 is 5.32 Å². The molecule has 6 nitrogen and oxygen atoms in total. The molecule has 1 aliphatic carbocycles. The highest BCUT2D eigenvalue weighted by atomic mass is 19.4. The Labute approximate surface area is 186 Å². The van der Waals surface area contributed by atoms with Gasteiger partial charge in [-0.2, -0.15) is 18.2 Å². The fourth-order valence-electron chi connectivity index (χ4n) is 4.90. The van der Waals surface area contributed by atoms with Crippen LogP contribution in [0.5, 0.6) is 0 Å². The van der Waals surface area contributed by atoms with Gasteiger partial charge < -0.3 is 10.3 Å². The average molecular weight is 449 g/mol. The first-order chi connectivity index (χ1) is 15.9. The minimum absolute atomic E-state index is 0.0159. The quantitative estimate of drug-likeness (QED) is 0.442. The van der Waals surface area contributed by atoms with Crippen molar-refractivity contribution < 1.29 is 18.0 Å². The lowest BCUT2D eigenvalue weighted by atomic mass is 9.78. The van der Waals surface area contributed by atoms with Crippen molar-refractivity contribution in [2.24, 2.45) is 0 Å². The smallest absolute Gasteiger partial charge is 0.361 e. The number of ketones is 1. The van der Waals surface area contributed by atoms with Crippen LogP contribution in [0.25, 0.3) is 10.9 Å². The monoisotopic (exact) mass is 449 g/mol. The first-order valence-corrected chi connectivity index (χ1v) is 10.6. The van der Waals surface area contributed by atoms with E-state index in [-0.39, 0.29) is 24.1 Å². The standard InChI is InChI=1S/C24H18F3N5O/c25-24(26,27)22-30-23-29-18-10-14(13-6-2-1-3-7-13)11-19(33)20(18)21(32(23)31-22)16-12-28-17-9-5-4-8-15(16)17/h1-9,12,14,21,28H,10-11H2,(H,29,30,31)/t14-,21-/m0/s1. The number of nitrogens with one attached hydrogen (secondary N) is 2. The highest BCUT2D eigenvalue weighted by Gasteiger charge is 2.44. The van der Waals surface area contributed by atoms with Gasteiger partial charge in [0, 0.05) is 40.4 Å². The third-order valence-electron chi connectivity index (χ3n) is 6.36. The van der Waals surface area contributed by atoms with Crippen molar-refractivity contribution in [3.05, 3.63) is 89.0 Å². The van der Waals surface area contributed by atoms with Crippen LogP contribution >= 0.6 is 0 Å². The summed E-state index contributed by atoms with van der Waals surface area (Å²) in [7, 11) is 0. The van der Waals surface area contributed by atoms with E-state index in [2.05, 4.69) is 20.4 Å². The molecule has 166 valence electrons. The number of anilines is 1. The summed E-state index contributed by atoms with van der Waals surface area (Å²) in [5.74, 6) is -1.42. The molecule has 3 heterocycles. The van der Waals surface area contributed by atoms with Crippen LogP contribution in [0.15, 0.2) is 72.1 Å². The van der Waals surface area contributed by atoms with Gasteiger partial charge in [-0.15, -0.1) is 5.10 Å². The molecule has 0 radical (unpaired) electrons. The first kappa shape index (κ1) is 19.8. The van der Waals surface area contributed by atoms with Gasteiger partial charge in [0.2, 0.25) is 5.95 Å². The zero-order valence-corrected chi connectivity index (χ0v) is 17.2. The molecule has 0 spiro atoms. The van der Waals surface area contributed by atoms with Crippen molar-refractivity contribution in [2.75, 3.05) is 5.32 Å². The predicted molar refractivity (Wildman–Crippen MR) is 116 cm³/mol. The van der Waals surface area contributed by atoms with Crippen LogP contribution in [0.4, 0.5) is 19.1 Å². The summed E-state index contributed by atoms with van der Waals surface area (Å²) in [6, 6.07) is 16.4. The summed E-state index contributed by atoms with van der Waals surface area (Å²) in [5, 5.41) is 7.61. The number of alkyl halides is 3. The second-order valence-electron chi connectivity index (χ2n) is 8.35. The molecule has 9 heteroatoms. The Kier molecular flexibility index (Phi) is 4.23. The number of carbonyl (C=O) groups excluding carboxylic acids is 1. The number of benzene rings is 2. The minimum atomic E-state index is -4.70. The first-order valence-electron chi connectivity index (χ1n) is 10.6. The molecule has 2 aliphatic rings. The van der Waals surface area contributed by atoms with Gasteiger partial charge in [-0.3, -0.25) is 4.79 Å². The maximum Gasteiger partial charge on any atom is 0.453 e. The van der Waals surface area contributed by atoms with Crippen LogP contribution in [-0.4, -0.2) is 25.5 Å². The van der Waals surface area contributed by atoms with Crippen LogP contribution in [-0.2, 0) is 11.0 Å². The molecule has 0 amide bonds. The van der Waals surface area contributed by atoms with E-state index in [0.29, 0.717) is 23.3 Å². The Morgan fingerprint density at radius 1 is 1.00 bits per heavy atom. The lowest BCUT2D eigenvalue weighted by molar-refractivity contribution is -0.145. The highest BCUT2D eigenvalue weighted by Crippen LogP contribution is 2.46. The fraction of sp³-hybridized carbons (Fsp3) is 0.208. The molecule has 33 heavy (non-hydrogen) atoms. The fourth-order valence-corrected chi connectivity index (χ4v) is 4.90.